The molecule has 0 radical (unpaired) electrons. The van der Waals surface area contributed by atoms with Gasteiger partial charge in [-0.3, -0.25) is 9.80 Å². The monoisotopic (exact) mass is 618 g/mol. The fraction of sp³-hybridized carbons (Fsp3) is 0.222. The van der Waals surface area contributed by atoms with Crippen molar-refractivity contribution in [2.75, 3.05) is 26.3 Å². The van der Waals surface area contributed by atoms with E-state index in [0.29, 0.717) is 0 Å². The minimum atomic E-state index is -1.54. The molecule has 0 aromatic heterocycles. The second kappa shape index (κ2) is 11.7. The third-order valence-electron chi connectivity index (χ3n) is 9.20. The first-order valence-corrected chi connectivity index (χ1v) is 15.0. The second-order valence-corrected chi connectivity index (χ2v) is 11.6. The lowest BCUT2D eigenvalue weighted by Gasteiger charge is -2.41. The number of carbonyl (C=O) groups excluding carboxylic acids is 2. The number of rotatable bonds is 6. The van der Waals surface area contributed by atoms with E-state index in [9.17, 15) is 29.4 Å². The molecule has 1 saturated heterocycles. The number of piperazine rings is 1. The molecule has 10 nitrogen and oxygen atoms in total. The minimum absolute atomic E-state index is 0.0659. The number of amides is 2. The molecule has 4 aromatic rings. The summed E-state index contributed by atoms with van der Waals surface area (Å²) in [6.45, 7) is -1.28. The molecule has 7 rings (SSSR count). The van der Waals surface area contributed by atoms with E-state index in [0.717, 1.165) is 54.3 Å². The molecule has 0 bridgehead atoms. The van der Waals surface area contributed by atoms with Crippen molar-refractivity contribution < 1.29 is 38.9 Å². The van der Waals surface area contributed by atoms with Crippen LogP contribution in [0.2, 0.25) is 0 Å². The first kappa shape index (κ1) is 29.1. The average Bonchev–Trinajstić information content (AvgIpc) is 3.57. The average molecular weight is 619 g/mol. The number of ether oxygens (including phenoxy) is 2. The van der Waals surface area contributed by atoms with Crippen LogP contribution < -0.4 is 0 Å². The molecule has 0 saturated carbocycles. The van der Waals surface area contributed by atoms with Gasteiger partial charge in [0.15, 0.2) is 12.1 Å². The predicted molar refractivity (Wildman–Crippen MR) is 166 cm³/mol. The molecule has 2 unspecified atom stereocenters. The number of carboxylic acids is 2. The van der Waals surface area contributed by atoms with E-state index in [1.54, 1.807) is 0 Å². The molecule has 2 amide bonds. The molecule has 0 spiro atoms. The number of aliphatic carboxylic acids is 2. The highest BCUT2D eigenvalue weighted by Gasteiger charge is 2.47. The Kier molecular flexibility index (Phi) is 7.40. The van der Waals surface area contributed by atoms with Gasteiger partial charge >= 0.3 is 24.1 Å². The van der Waals surface area contributed by atoms with Gasteiger partial charge in [-0.25, -0.2) is 19.2 Å². The lowest BCUT2D eigenvalue weighted by Crippen LogP contribution is -2.65. The predicted octanol–water partition coefficient (Wildman–Crippen LogP) is 5.41. The molecular formula is C36H30N2O8. The summed E-state index contributed by atoms with van der Waals surface area (Å²) in [7, 11) is 0. The van der Waals surface area contributed by atoms with Crippen molar-refractivity contribution in [2.45, 2.75) is 23.9 Å². The van der Waals surface area contributed by atoms with Gasteiger partial charge in [-0.1, -0.05) is 97.1 Å². The minimum Gasteiger partial charge on any atom is -0.480 e. The van der Waals surface area contributed by atoms with E-state index in [1.165, 1.54) is 0 Å². The van der Waals surface area contributed by atoms with Crippen molar-refractivity contribution in [2.24, 2.45) is 0 Å². The van der Waals surface area contributed by atoms with E-state index < -0.39 is 49.3 Å². The molecule has 4 aromatic carbocycles. The first-order valence-electron chi connectivity index (χ1n) is 15.0. The summed E-state index contributed by atoms with van der Waals surface area (Å²) in [6.07, 6.45) is -1.93. The summed E-state index contributed by atoms with van der Waals surface area (Å²) in [6, 6.07) is 28.1. The number of fused-ring (bicyclic) bond motifs is 6. The molecule has 46 heavy (non-hydrogen) atoms. The van der Waals surface area contributed by atoms with Crippen LogP contribution in [0.4, 0.5) is 9.59 Å². The van der Waals surface area contributed by atoms with Crippen LogP contribution in [-0.4, -0.2) is 82.5 Å². The van der Waals surface area contributed by atoms with Crippen LogP contribution in [0.5, 0.6) is 0 Å². The molecular weight excluding hydrogens is 588 g/mol. The van der Waals surface area contributed by atoms with Gasteiger partial charge in [0.25, 0.3) is 0 Å². The van der Waals surface area contributed by atoms with Gasteiger partial charge < -0.3 is 19.7 Å². The zero-order valence-electron chi connectivity index (χ0n) is 24.6. The fourth-order valence-electron chi connectivity index (χ4n) is 7.00. The highest BCUT2D eigenvalue weighted by molar-refractivity contribution is 5.86. The highest BCUT2D eigenvalue weighted by atomic mass is 16.6. The van der Waals surface area contributed by atoms with Crippen LogP contribution in [0, 0.1) is 0 Å². The third kappa shape index (κ3) is 4.92. The summed E-state index contributed by atoms with van der Waals surface area (Å²) in [5.74, 6) is -3.32. The van der Waals surface area contributed by atoms with Gasteiger partial charge in [0, 0.05) is 11.8 Å². The largest absolute Gasteiger partial charge is 0.480 e. The molecule has 1 heterocycles. The Labute approximate surface area is 264 Å². The van der Waals surface area contributed by atoms with Crippen molar-refractivity contribution in [3.8, 4) is 22.3 Å². The highest BCUT2D eigenvalue weighted by Crippen LogP contribution is 2.45. The number of carboxylic acid groups (broad SMARTS) is 2. The normalized spacial score (nSPS) is 18.3. The lowest BCUT2D eigenvalue weighted by molar-refractivity contribution is -0.153. The van der Waals surface area contributed by atoms with Crippen molar-refractivity contribution >= 4 is 24.1 Å². The first-order chi connectivity index (χ1) is 22.3. The van der Waals surface area contributed by atoms with Crippen LogP contribution in [-0.2, 0) is 19.1 Å². The number of nitrogens with zero attached hydrogens (tertiary/aromatic N) is 2. The van der Waals surface area contributed by atoms with Gasteiger partial charge in [0.2, 0.25) is 0 Å². The molecule has 10 heteroatoms. The maximum atomic E-state index is 13.4. The van der Waals surface area contributed by atoms with E-state index in [2.05, 4.69) is 0 Å². The Morgan fingerprint density at radius 3 is 1.09 bits per heavy atom. The van der Waals surface area contributed by atoms with E-state index >= 15 is 0 Å². The van der Waals surface area contributed by atoms with Crippen molar-refractivity contribution in [3.05, 3.63) is 119 Å². The topological polar surface area (TPSA) is 134 Å². The van der Waals surface area contributed by atoms with Crippen LogP contribution >= 0.6 is 0 Å². The Morgan fingerprint density at radius 1 is 0.522 bits per heavy atom. The van der Waals surface area contributed by atoms with E-state index in [-0.39, 0.29) is 25.0 Å². The number of benzene rings is 4. The second-order valence-electron chi connectivity index (χ2n) is 11.6. The zero-order chi connectivity index (χ0) is 31.9. The van der Waals surface area contributed by atoms with Crippen LogP contribution in [0.1, 0.15) is 34.1 Å². The molecule has 232 valence electrons. The lowest BCUT2D eigenvalue weighted by atomic mass is 9.98. The molecule has 1 aliphatic heterocycles. The summed E-state index contributed by atoms with van der Waals surface area (Å²) in [5.41, 5.74) is 8.06. The third-order valence-corrected chi connectivity index (χ3v) is 9.20. The van der Waals surface area contributed by atoms with E-state index in [1.807, 2.05) is 97.1 Å². The van der Waals surface area contributed by atoms with Gasteiger partial charge in [-0.05, 0) is 44.5 Å². The van der Waals surface area contributed by atoms with E-state index in [4.69, 9.17) is 9.47 Å². The number of hydrogen-bond donors (Lipinski definition) is 2. The van der Waals surface area contributed by atoms with Crippen molar-refractivity contribution in [3.63, 3.8) is 0 Å². The Hall–Kier alpha value is -5.64. The zero-order valence-corrected chi connectivity index (χ0v) is 24.6. The quantitative estimate of drug-likeness (QED) is 0.293. The molecule has 3 aliphatic rings. The standard InChI is InChI=1S/C36H30N2O8/c39-33(40)31-18-38(36(44)46-20-30-27-15-7-3-11-23(27)24-12-4-8-16-28(24)30)32(34(41)42)17-37(31)35(43)45-19-29-25-13-5-1-9-21(25)22-10-2-6-14-26(22)29/h1-16,29-32H,17-20H2,(H,39,40)(H,41,42). The summed E-state index contributed by atoms with van der Waals surface area (Å²) >= 11 is 0. The maximum absolute atomic E-state index is 13.4. The summed E-state index contributed by atoms with van der Waals surface area (Å²) in [5, 5.41) is 20.1. The number of hydrogen-bond acceptors (Lipinski definition) is 6. The van der Waals surface area contributed by atoms with Crippen molar-refractivity contribution in [1.29, 1.82) is 0 Å². The van der Waals surface area contributed by atoms with Gasteiger partial charge in [0.1, 0.15) is 13.2 Å². The smallest absolute Gasteiger partial charge is 0.410 e. The van der Waals surface area contributed by atoms with Crippen molar-refractivity contribution in [1.82, 2.24) is 9.80 Å². The molecule has 2 aliphatic carbocycles. The molecule has 2 N–H and O–H groups in total. The molecule has 2 atom stereocenters. The van der Waals surface area contributed by atoms with Gasteiger partial charge in [-0.15, -0.1) is 0 Å². The Balaban J connectivity index is 1.06. The van der Waals surface area contributed by atoms with Gasteiger partial charge in [-0.2, -0.15) is 0 Å². The maximum Gasteiger partial charge on any atom is 0.410 e. The summed E-state index contributed by atoms with van der Waals surface area (Å²) in [4.78, 5) is 53.3. The Morgan fingerprint density at radius 2 is 0.804 bits per heavy atom. The molecule has 1 fully saturated rings. The Bertz CT molecular complexity index is 1650. The SMILES string of the molecule is O=C(O)C1CN(C(=O)OCC2c3ccccc3-c3ccccc32)C(C(=O)O)CN1C(=O)OCC1c2ccccc2-c2ccccc21. The van der Waals surface area contributed by atoms with Crippen LogP contribution in [0.3, 0.4) is 0 Å². The van der Waals surface area contributed by atoms with Crippen LogP contribution in [0.15, 0.2) is 97.1 Å². The number of carbonyl (C=O) groups is 4. The van der Waals surface area contributed by atoms with Gasteiger partial charge in [0.05, 0.1) is 13.1 Å². The van der Waals surface area contributed by atoms with Crippen LogP contribution in [0.25, 0.3) is 22.3 Å². The summed E-state index contributed by atoms with van der Waals surface area (Å²) < 4.78 is 11.3. The fourth-order valence-corrected chi connectivity index (χ4v) is 7.00.